The van der Waals surface area contributed by atoms with Gasteiger partial charge in [-0.2, -0.15) is 0 Å². The van der Waals surface area contributed by atoms with Gasteiger partial charge in [-0.25, -0.2) is 4.98 Å². The molecule has 1 heterocycles. The van der Waals surface area contributed by atoms with Gasteiger partial charge < -0.3 is 16.2 Å². The summed E-state index contributed by atoms with van der Waals surface area (Å²) < 4.78 is 5.02. The monoisotopic (exact) mass is 153 g/mol. The van der Waals surface area contributed by atoms with E-state index in [-0.39, 0.29) is 0 Å². The molecule has 4 nitrogen and oxygen atoms in total. The van der Waals surface area contributed by atoms with Gasteiger partial charge in [-0.3, -0.25) is 0 Å². The van der Waals surface area contributed by atoms with Crippen LogP contribution in [0.5, 0.6) is 5.75 Å². The molecule has 11 heavy (non-hydrogen) atoms. The second-order valence-corrected chi connectivity index (χ2v) is 2.08. The molecule has 0 aliphatic rings. The molecular weight excluding hydrogens is 142 g/mol. The van der Waals surface area contributed by atoms with Gasteiger partial charge in [0, 0.05) is 18.3 Å². The minimum atomic E-state index is 0.350. The zero-order valence-corrected chi connectivity index (χ0v) is 6.37. The quantitative estimate of drug-likeness (QED) is 0.633. The molecule has 1 rings (SSSR count). The highest BCUT2D eigenvalue weighted by Gasteiger charge is 2.04. The third kappa shape index (κ3) is 1.40. The summed E-state index contributed by atoms with van der Waals surface area (Å²) in [7, 11) is 1.58. The topological polar surface area (TPSA) is 74.2 Å². The minimum Gasteiger partial charge on any atom is -0.496 e. The molecule has 0 aliphatic heterocycles. The average Bonchev–Trinajstić information content (AvgIpc) is 2.04. The Kier molecular flexibility index (Phi) is 2.28. The maximum atomic E-state index is 5.54. The molecule has 0 radical (unpaired) electrons. The second-order valence-electron chi connectivity index (χ2n) is 2.08. The minimum absolute atomic E-state index is 0.350. The maximum Gasteiger partial charge on any atom is 0.131 e. The van der Waals surface area contributed by atoms with Crippen LogP contribution >= 0.6 is 0 Å². The summed E-state index contributed by atoms with van der Waals surface area (Å²) >= 11 is 0. The lowest BCUT2D eigenvalue weighted by Crippen LogP contribution is -2.05. The molecule has 60 valence electrons. The molecule has 4 N–H and O–H groups in total. The Labute approximate surface area is 65.2 Å². The van der Waals surface area contributed by atoms with E-state index in [1.165, 1.54) is 0 Å². The van der Waals surface area contributed by atoms with Crippen molar-refractivity contribution in [3.05, 3.63) is 17.8 Å². The lowest BCUT2D eigenvalue weighted by atomic mass is 10.2. The predicted octanol–water partition coefficient (Wildman–Crippen LogP) is 0.131. The lowest BCUT2D eigenvalue weighted by Gasteiger charge is -2.06. The van der Waals surface area contributed by atoms with Crippen molar-refractivity contribution in [2.75, 3.05) is 12.8 Å². The molecule has 0 fully saturated rings. The molecule has 0 amide bonds. The van der Waals surface area contributed by atoms with Gasteiger partial charge in [0.2, 0.25) is 0 Å². The second kappa shape index (κ2) is 3.21. The van der Waals surface area contributed by atoms with E-state index in [1.807, 2.05) is 0 Å². The van der Waals surface area contributed by atoms with Crippen molar-refractivity contribution in [2.45, 2.75) is 6.54 Å². The van der Waals surface area contributed by atoms with Gasteiger partial charge in [-0.1, -0.05) is 0 Å². The summed E-state index contributed by atoms with van der Waals surface area (Å²) in [5.41, 5.74) is 11.7. The third-order valence-electron chi connectivity index (χ3n) is 1.47. The van der Waals surface area contributed by atoms with Crippen molar-refractivity contribution in [2.24, 2.45) is 5.73 Å². The first-order valence-corrected chi connectivity index (χ1v) is 3.27. The fraction of sp³-hybridized carbons (Fsp3) is 0.286. The van der Waals surface area contributed by atoms with Crippen LogP contribution in [-0.2, 0) is 6.54 Å². The van der Waals surface area contributed by atoms with Crippen LogP contribution in [0.3, 0.4) is 0 Å². The Morgan fingerprint density at radius 1 is 1.64 bits per heavy atom. The van der Waals surface area contributed by atoms with Gasteiger partial charge >= 0.3 is 0 Å². The molecule has 1 aromatic rings. The van der Waals surface area contributed by atoms with Crippen molar-refractivity contribution in [1.82, 2.24) is 4.98 Å². The first-order chi connectivity index (χ1) is 5.29. The SMILES string of the molecule is COc1ccnc(N)c1CN. The molecule has 0 saturated carbocycles. The number of aromatic nitrogens is 1. The van der Waals surface area contributed by atoms with E-state index in [1.54, 1.807) is 19.4 Å². The van der Waals surface area contributed by atoms with E-state index in [0.717, 1.165) is 5.56 Å². The molecule has 0 aliphatic carbocycles. The molecule has 4 heteroatoms. The third-order valence-corrected chi connectivity index (χ3v) is 1.47. The Hall–Kier alpha value is -1.29. The zero-order valence-electron chi connectivity index (χ0n) is 6.37. The number of ether oxygens (including phenoxy) is 1. The predicted molar refractivity (Wildman–Crippen MR) is 43.1 cm³/mol. The van der Waals surface area contributed by atoms with Crippen LogP contribution in [0.2, 0.25) is 0 Å². The highest BCUT2D eigenvalue weighted by molar-refractivity contribution is 5.47. The van der Waals surface area contributed by atoms with Crippen LogP contribution in [0.4, 0.5) is 5.82 Å². The van der Waals surface area contributed by atoms with Crippen LogP contribution in [0.1, 0.15) is 5.56 Å². The highest BCUT2D eigenvalue weighted by atomic mass is 16.5. The summed E-state index contributed by atoms with van der Waals surface area (Å²) in [5.74, 6) is 1.13. The van der Waals surface area contributed by atoms with E-state index in [4.69, 9.17) is 16.2 Å². The first kappa shape index (κ1) is 7.81. The van der Waals surface area contributed by atoms with E-state index in [0.29, 0.717) is 18.1 Å². The number of methoxy groups -OCH3 is 1. The largest absolute Gasteiger partial charge is 0.496 e. The number of hydrogen-bond donors (Lipinski definition) is 2. The number of anilines is 1. The number of hydrogen-bond acceptors (Lipinski definition) is 4. The van der Waals surface area contributed by atoms with Crippen molar-refractivity contribution in [3.63, 3.8) is 0 Å². The molecule has 0 bridgehead atoms. The van der Waals surface area contributed by atoms with Gasteiger partial charge in [0.1, 0.15) is 11.6 Å². The Morgan fingerprint density at radius 2 is 2.36 bits per heavy atom. The summed E-state index contributed by atoms with van der Waals surface area (Å²) in [6.45, 7) is 0.350. The van der Waals surface area contributed by atoms with Gasteiger partial charge in [-0.05, 0) is 6.07 Å². The van der Waals surface area contributed by atoms with E-state index >= 15 is 0 Å². The van der Waals surface area contributed by atoms with Crippen molar-refractivity contribution in [3.8, 4) is 5.75 Å². The maximum absolute atomic E-state index is 5.54. The average molecular weight is 153 g/mol. The zero-order chi connectivity index (χ0) is 8.27. The summed E-state index contributed by atoms with van der Waals surface area (Å²) in [4.78, 5) is 3.88. The standard InChI is InChI=1S/C7H11N3O/c1-11-6-2-3-10-7(9)5(6)4-8/h2-3H,4,8H2,1H3,(H2,9,10). The Balaban J connectivity index is 3.13. The van der Waals surface area contributed by atoms with Crippen molar-refractivity contribution >= 4 is 5.82 Å². The number of rotatable bonds is 2. The molecule has 0 unspecified atom stereocenters. The van der Waals surface area contributed by atoms with Crippen LogP contribution < -0.4 is 16.2 Å². The number of nitrogens with zero attached hydrogens (tertiary/aromatic N) is 1. The molecule has 0 atom stereocenters. The first-order valence-electron chi connectivity index (χ1n) is 3.27. The van der Waals surface area contributed by atoms with Crippen LogP contribution in [0.15, 0.2) is 12.3 Å². The molecule has 1 aromatic heterocycles. The van der Waals surface area contributed by atoms with Crippen LogP contribution in [0, 0.1) is 0 Å². The number of nitrogens with two attached hydrogens (primary N) is 2. The van der Waals surface area contributed by atoms with Crippen LogP contribution in [-0.4, -0.2) is 12.1 Å². The lowest BCUT2D eigenvalue weighted by molar-refractivity contribution is 0.409. The molecule has 0 spiro atoms. The smallest absolute Gasteiger partial charge is 0.131 e. The van der Waals surface area contributed by atoms with Gasteiger partial charge in [0.05, 0.1) is 7.11 Å². The fourth-order valence-electron chi connectivity index (χ4n) is 0.886. The van der Waals surface area contributed by atoms with Gasteiger partial charge in [0.15, 0.2) is 0 Å². The van der Waals surface area contributed by atoms with Crippen molar-refractivity contribution in [1.29, 1.82) is 0 Å². The summed E-state index contributed by atoms with van der Waals surface area (Å²) in [6.07, 6.45) is 1.59. The van der Waals surface area contributed by atoms with E-state index in [2.05, 4.69) is 4.98 Å². The van der Waals surface area contributed by atoms with E-state index in [9.17, 15) is 0 Å². The molecular formula is C7H11N3O. The van der Waals surface area contributed by atoms with E-state index < -0.39 is 0 Å². The summed E-state index contributed by atoms with van der Waals surface area (Å²) in [6, 6.07) is 1.73. The number of pyridine rings is 1. The van der Waals surface area contributed by atoms with Crippen LogP contribution in [0.25, 0.3) is 0 Å². The molecule has 0 aromatic carbocycles. The summed E-state index contributed by atoms with van der Waals surface area (Å²) in [5, 5.41) is 0. The Morgan fingerprint density at radius 3 is 2.82 bits per heavy atom. The highest BCUT2D eigenvalue weighted by Crippen LogP contribution is 2.20. The van der Waals surface area contributed by atoms with Crippen molar-refractivity contribution < 1.29 is 4.74 Å². The number of nitrogen functional groups attached to an aromatic ring is 1. The fourth-order valence-corrected chi connectivity index (χ4v) is 0.886. The van der Waals surface area contributed by atoms with Gasteiger partial charge in [-0.15, -0.1) is 0 Å². The van der Waals surface area contributed by atoms with Gasteiger partial charge in [0.25, 0.3) is 0 Å². The molecule has 0 saturated heterocycles. The normalized spacial score (nSPS) is 9.64. The Bertz CT molecular complexity index is 249.